The highest BCUT2D eigenvalue weighted by atomic mass is 16.3. The quantitative estimate of drug-likeness (QED) is 0.826. The molecule has 1 N–H and O–H groups in total. The van der Waals surface area contributed by atoms with Gasteiger partial charge < -0.3 is 10.0 Å². The van der Waals surface area contributed by atoms with Crippen molar-refractivity contribution in [3.8, 4) is 5.75 Å². The maximum Gasteiger partial charge on any atom is 0.254 e. The van der Waals surface area contributed by atoms with Crippen molar-refractivity contribution in [1.82, 2.24) is 4.90 Å². The first-order valence-corrected chi connectivity index (χ1v) is 6.86. The molecule has 1 aliphatic carbocycles. The SMILES string of the molecule is O=C(c1ccc(O)cc1)N1CCC2CCCCC21. The summed E-state index contributed by atoms with van der Waals surface area (Å²) in [6, 6.07) is 7.06. The summed E-state index contributed by atoms with van der Waals surface area (Å²) in [5, 5.41) is 9.27. The van der Waals surface area contributed by atoms with Crippen molar-refractivity contribution in [2.75, 3.05) is 6.54 Å². The Balaban J connectivity index is 1.78. The maximum absolute atomic E-state index is 12.5. The van der Waals surface area contributed by atoms with Gasteiger partial charge in [0.1, 0.15) is 5.75 Å². The molecule has 1 aromatic rings. The molecule has 2 aliphatic rings. The lowest BCUT2D eigenvalue weighted by Crippen LogP contribution is -2.39. The third-order valence-corrected chi connectivity index (χ3v) is 4.39. The molecule has 3 nitrogen and oxygen atoms in total. The molecule has 1 saturated heterocycles. The number of amides is 1. The van der Waals surface area contributed by atoms with Gasteiger partial charge in [0.05, 0.1) is 0 Å². The first-order valence-electron chi connectivity index (χ1n) is 6.86. The van der Waals surface area contributed by atoms with E-state index in [4.69, 9.17) is 0 Å². The van der Waals surface area contributed by atoms with E-state index in [9.17, 15) is 9.90 Å². The van der Waals surface area contributed by atoms with Crippen LogP contribution in [0.5, 0.6) is 5.75 Å². The second-order valence-corrected chi connectivity index (χ2v) is 5.45. The molecular formula is C15H19NO2. The van der Waals surface area contributed by atoms with Gasteiger partial charge in [-0.1, -0.05) is 12.8 Å². The Morgan fingerprint density at radius 3 is 2.61 bits per heavy atom. The fraction of sp³-hybridized carbons (Fsp3) is 0.533. The Hall–Kier alpha value is -1.51. The normalized spacial score (nSPS) is 27.0. The van der Waals surface area contributed by atoms with E-state index < -0.39 is 0 Å². The van der Waals surface area contributed by atoms with Crippen LogP contribution in [0.1, 0.15) is 42.5 Å². The monoisotopic (exact) mass is 245 g/mol. The Morgan fingerprint density at radius 1 is 1.11 bits per heavy atom. The molecule has 3 heteroatoms. The highest BCUT2D eigenvalue weighted by Gasteiger charge is 2.38. The molecule has 96 valence electrons. The van der Waals surface area contributed by atoms with Crippen LogP contribution in [0.3, 0.4) is 0 Å². The van der Waals surface area contributed by atoms with Crippen molar-refractivity contribution >= 4 is 5.91 Å². The van der Waals surface area contributed by atoms with Gasteiger partial charge >= 0.3 is 0 Å². The van der Waals surface area contributed by atoms with Crippen LogP contribution in [0.25, 0.3) is 0 Å². The fourth-order valence-corrected chi connectivity index (χ4v) is 3.43. The van der Waals surface area contributed by atoms with Crippen LogP contribution in [-0.4, -0.2) is 28.5 Å². The fourth-order valence-electron chi connectivity index (χ4n) is 3.43. The zero-order valence-electron chi connectivity index (χ0n) is 10.5. The van der Waals surface area contributed by atoms with Gasteiger partial charge in [0.2, 0.25) is 0 Å². The molecular weight excluding hydrogens is 226 g/mol. The number of phenolic OH excluding ortho intramolecular Hbond substituents is 1. The van der Waals surface area contributed by atoms with E-state index in [1.807, 2.05) is 0 Å². The number of carbonyl (C=O) groups excluding carboxylic acids is 1. The van der Waals surface area contributed by atoms with Gasteiger partial charge in [-0.15, -0.1) is 0 Å². The summed E-state index contributed by atoms with van der Waals surface area (Å²) in [4.78, 5) is 14.5. The predicted octanol–water partition coefficient (Wildman–Crippen LogP) is 2.80. The first kappa shape index (κ1) is 11.6. The highest BCUT2D eigenvalue weighted by Crippen LogP contribution is 2.36. The number of nitrogens with zero attached hydrogens (tertiary/aromatic N) is 1. The lowest BCUT2D eigenvalue weighted by molar-refractivity contribution is 0.0690. The molecule has 0 radical (unpaired) electrons. The summed E-state index contributed by atoms with van der Waals surface area (Å²) in [5.41, 5.74) is 0.694. The van der Waals surface area contributed by atoms with E-state index in [1.54, 1.807) is 24.3 Å². The number of hydrogen-bond donors (Lipinski definition) is 1. The molecule has 0 aromatic heterocycles. The van der Waals surface area contributed by atoms with E-state index in [-0.39, 0.29) is 11.7 Å². The molecule has 2 atom stereocenters. The molecule has 1 amide bonds. The molecule has 1 heterocycles. The number of aromatic hydroxyl groups is 1. The van der Waals surface area contributed by atoms with Crippen LogP contribution in [0, 0.1) is 5.92 Å². The van der Waals surface area contributed by atoms with Crippen molar-refractivity contribution in [3.05, 3.63) is 29.8 Å². The zero-order chi connectivity index (χ0) is 12.5. The van der Waals surface area contributed by atoms with Crippen LogP contribution in [0.4, 0.5) is 0 Å². The third-order valence-electron chi connectivity index (χ3n) is 4.39. The van der Waals surface area contributed by atoms with Crippen molar-refractivity contribution in [2.24, 2.45) is 5.92 Å². The molecule has 1 aliphatic heterocycles. The standard InChI is InChI=1S/C15H19NO2/c17-13-7-5-12(6-8-13)15(18)16-10-9-11-3-1-2-4-14(11)16/h5-8,11,14,17H,1-4,9-10H2. The first-order chi connectivity index (χ1) is 8.75. The number of carbonyl (C=O) groups is 1. The van der Waals surface area contributed by atoms with Crippen molar-refractivity contribution in [1.29, 1.82) is 0 Å². The Morgan fingerprint density at radius 2 is 1.83 bits per heavy atom. The number of rotatable bonds is 1. The van der Waals surface area contributed by atoms with Crippen LogP contribution in [-0.2, 0) is 0 Å². The predicted molar refractivity (Wildman–Crippen MR) is 69.5 cm³/mol. The van der Waals surface area contributed by atoms with E-state index in [0.29, 0.717) is 11.6 Å². The number of phenols is 1. The van der Waals surface area contributed by atoms with Gasteiger partial charge in [0.25, 0.3) is 5.91 Å². The minimum absolute atomic E-state index is 0.129. The van der Waals surface area contributed by atoms with E-state index in [0.717, 1.165) is 25.3 Å². The molecule has 2 unspecified atom stereocenters. The minimum atomic E-state index is 0.129. The largest absolute Gasteiger partial charge is 0.508 e. The summed E-state index contributed by atoms with van der Waals surface area (Å²) >= 11 is 0. The van der Waals surface area contributed by atoms with Gasteiger partial charge in [0, 0.05) is 18.2 Å². The van der Waals surface area contributed by atoms with E-state index in [2.05, 4.69) is 4.90 Å². The number of hydrogen-bond acceptors (Lipinski definition) is 2. The van der Waals surface area contributed by atoms with Crippen LogP contribution in [0.2, 0.25) is 0 Å². The van der Waals surface area contributed by atoms with Crippen LogP contribution >= 0.6 is 0 Å². The smallest absolute Gasteiger partial charge is 0.254 e. The van der Waals surface area contributed by atoms with Crippen LogP contribution < -0.4 is 0 Å². The summed E-state index contributed by atoms with van der Waals surface area (Å²) in [7, 11) is 0. The van der Waals surface area contributed by atoms with Gasteiger partial charge in [0.15, 0.2) is 0 Å². The van der Waals surface area contributed by atoms with Gasteiger partial charge in [-0.3, -0.25) is 4.79 Å². The molecule has 18 heavy (non-hydrogen) atoms. The molecule has 2 fully saturated rings. The molecule has 0 spiro atoms. The molecule has 1 saturated carbocycles. The van der Waals surface area contributed by atoms with Crippen molar-refractivity contribution in [2.45, 2.75) is 38.1 Å². The number of benzene rings is 1. The number of fused-ring (bicyclic) bond motifs is 1. The van der Waals surface area contributed by atoms with E-state index >= 15 is 0 Å². The summed E-state index contributed by atoms with van der Waals surface area (Å²) in [5.74, 6) is 1.06. The Kier molecular flexibility index (Phi) is 2.98. The topological polar surface area (TPSA) is 40.5 Å². The average molecular weight is 245 g/mol. The van der Waals surface area contributed by atoms with Crippen molar-refractivity contribution in [3.63, 3.8) is 0 Å². The van der Waals surface area contributed by atoms with E-state index in [1.165, 1.54) is 19.3 Å². The molecule has 1 aromatic carbocycles. The molecule has 0 bridgehead atoms. The van der Waals surface area contributed by atoms with Crippen LogP contribution in [0.15, 0.2) is 24.3 Å². The number of likely N-dealkylation sites (tertiary alicyclic amines) is 1. The van der Waals surface area contributed by atoms with Gasteiger partial charge in [-0.05, 0) is 49.4 Å². The van der Waals surface area contributed by atoms with Gasteiger partial charge in [-0.2, -0.15) is 0 Å². The lowest BCUT2D eigenvalue weighted by Gasteiger charge is -2.31. The van der Waals surface area contributed by atoms with Crippen molar-refractivity contribution < 1.29 is 9.90 Å². The Bertz CT molecular complexity index is 440. The average Bonchev–Trinajstić information content (AvgIpc) is 2.82. The summed E-state index contributed by atoms with van der Waals surface area (Å²) < 4.78 is 0. The summed E-state index contributed by atoms with van der Waals surface area (Å²) in [6.07, 6.45) is 6.18. The summed E-state index contributed by atoms with van der Waals surface area (Å²) in [6.45, 7) is 0.898. The van der Waals surface area contributed by atoms with Gasteiger partial charge in [-0.25, -0.2) is 0 Å². The second-order valence-electron chi connectivity index (χ2n) is 5.45. The highest BCUT2D eigenvalue weighted by molar-refractivity contribution is 5.94. The maximum atomic E-state index is 12.5. The zero-order valence-corrected chi connectivity index (χ0v) is 10.5. The lowest BCUT2D eigenvalue weighted by atomic mass is 9.85. The third kappa shape index (κ3) is 1.98. The molecule has 3 rings (SSSR count). The minimum Gasteiger partial charge on any atom is -0.508 e. The Labute approximate surface area is 107 Å². The second kappa shape index (κ2) is 4.63.